The Morgan fingerprint density at radius 2 is 1.59 bits per heavy atom. The number of nitrogens with one attached hydrogen (secondary N) is 1. The SMILES string of the molecule is C[C@@H](C(=O)NC1CCCC1)N(Cc1ccc(Br)cc1)C(=O)CN(c1cccc(Br)c1)S(=O)(=O)c1ccccc1. The van der Waals surface area contributed by atoms with Crippen LogP contribution in [0.25, 0.3) is 0 Å². The summed E-state index contributed by atoms with van der Waals surface area (Å²) in [6, 6.07) is 21.6. The van der Waals surface area contributed by atoms with E-state index in [0.29, 0.717) is 10.2 Å². The summed E-state index contributed by atoms with van der Waals surface area (Å²) in [6.45, 7) is 1.38. The molecule has 7 nitrogen and oxygen atoms in total. The first-order valence-corrected chi connectivity index (χ1v) is 15.9. The Bertz CT molecular complexity index is 1400. The number of carbonyl (C=O) groups excluding carboxylic acids is 2. The maximum atomic E-state index is 14.0. The minimum absolute atomic E-state index is 0.0734. The topological polar surface area (TPSA) is 86.8 Å². The predicted octanol–water partition coefficient (Wildman–Crippen LogP) is 5.88. The second-order valence-corrected chi connectivity index (χ2v) is 13.3. The van der Waals surface area contributed by atoms with Gasteiger partial charge in [0, 0.05) is 21.5 Å². The van der Waals surface area contributed by atoms with E-state index < -0.39 is 28.5 Å². The van der Waals surface area contributed by atoms with Crippen LogP contribution in [0.2, 0.25) is 0 Å². The molecule has 10 heteroatoms. The summed E-state index contributed by atoms with van der Waals surface area (Å²) < 4.78 is 30.2. The van der Waals surface area contributed by atoms with Gasteiger partial charge in [-0.2, -0.15) is 0 Å². The lowest BCUT2D eigenvalue weighted by Crippen LogP contribution is -2.52. The minimum Gasteiger partial charge on any atom is -0.352 e. The van der Waals surface area contributed by atoms with Gasteiger partial charge in [0.05, 0.1) is 10.6 Å². The summed E-state index contributed by atoms with van der Waals surface area (Å²) in [4.78, 5) is 28.8. The van der Waals surface area contributed by atoms with Gasteiger partial charge in [-0.25, -0.2) is 8.42 Å². The highest BCUT2D eigenvalue weighted by Crippen LogP contribution is 2.27. The molecule has 3 aromatic carbocycles. The molecule has 1 aliphatic carbocycles. The summed E-state index contributed by atoms with van der Waals surface area (Å²) in [7, 11) is -4.08. The summed E-state index contributed by atoms with van der Waals surface area (Å²) >= 11 is 6.84. The molecule has 1 aliphatic rings. The molecule has 1 saturated carbocycles. The summed E-state index contributed by atoms with van der Waals surface area (Å²) in [5.74, 6) is -0.723. The van der Waals surface area contributed by atoms with E-state index in [9.17, 15) is 18.0 Å². The molecular formula is C29H31Br2N3O4S. The Balaban J connectivity index is 1.67. The van der Waals surface area contributed by atoms with Crippen molar-refractivity contribution in [2.24, 2.45) is 0 Å². The van der Waals surface area contributed by atoms with Gasteiger partial charge in [0.25, 0.3) is 10.0 Å². The molecule has 2 amide bonds. The molecule has 4 rings (SSSR count). The summed E-state index contributed by atoms with van der Waals surface area (Å²) in [5, 5.41) is 3.08. The maximum Gasteiger partial charge on any atom is 0.264 e. The van der Waals surface area contributed by atoms with Crippen molar-refractivity contribution in [3.63, 3.8) is 0 Å². The van der Waals surface area contributed by atoms with Crippen LogP contribution in [0.15, 0.2) is 92.7 Å². The summed E-state index contributed by atoms with van der Waals surface area (Å²) in [5.41, 5.74) is 1.17. The maximum absolute atomic E-state index is 14.0. The number of anilines is 1. The first-order valence-electron chi connectivity index (χ1n) is 12.8. The van der Waals surface area contributed by atoms with Crippen molar-refractivity contribution in [2.45, 2.75) is 56.1 Å². The lowest BCUT2D eigenvalue weighted by Gasteiger charge is -2.32. The van der Waals surface area contributed by atoms with Gasteiger partial charge in [0.2, 0.25) is 11.8 Å². The number of rotatable bonds is 10. The Kier molecular flexibility index (Phi) is 9.85. The summed E-state index contributed by atoms with van der Waals surface area (Å²) in [6.07, 6.45) is 3.98. The smallest absolute Gasteiger partial charge is 0.264 e. The monoisotopic (exact) mass is 675 g/mol. The Hall–Kier alpha value is -2.69. The fourth-order valence-electron chi connectivity index (χ4n) is 4.64. The van der Waals surface area contributed by atoms with Gasteiger partial charge in [-0.1, -0.05) is 81.1 Å². The highest BCUT2D eigenvalue weighted by atomic mass is 79.9. The molecule has 0 heterocycles. The Morgan fingerprint density at radius 1 is 0.923 bits per heavy atom. The van der Waals surface area contributed by atoms with E-state index in [1.807, 2.05) is 24.3 Å². The van der Waals surface area contributed by atoms with Gasteiger partial charge >= 0.3 is 0 Å². The van der Waals surface area contributed by atoms with Gasteiger partial charge < -0.3 is 10.2 Å². The van der Waals surface area contributed by atoms with Crippen molar-refractivity contribution in [2.75, 3.05) is 10.8 Å². The largest absolute Gasteiger partial charge is 0.352 e. The molecule has 0 aliphatic heterocycles. The van der Waals surface area contributed by atoms with Crippen LogP contribution in [-0.2, 0) is 26.2 Å². The number of nitrogens with zero attached hydrogens (tertiary/aromatic N) is 2. The van der Waals surface area contributed by atoms with Crippen LogP contribution in [0.3, 0.4) is 0 Å². The van der Waals surface area contributed by atoms with Gasteiger partial charge in [-0.3, -0.25) is 13.9 Å². The number of carbonyl (C=O) groups is 2. The van der Waals surface area contributed by atoms with Gasteiger partial charge in [0.1, 0.15) is 12.6 Å². The zero-order valence-electron chi connectivity index (χ0n) is 21.6. The highest BCUT2D eigenvalue weighted by Gasteiger charge is 2.33. The zero-order chi connectivity index (χ0) is 28.0. The minimum atomic E-state index is -4.08. The van der Waals surface area contributed by atoms with Crippen LogP contribution in [0.5, 0.6) is 0 Å². The first-order chi connectivity index (χ1) is 18.6. The molecule has 0 radical (unpaired) electrons. The normalized spacial score (nSPS) is 14.5. The van der Waals surface area contributed by atoms with Crippen LogP contribution in [0.4, 0.5) is 5.69 Å². The molecule has 1 atom stereocenters. The Labute approximate surface area is 246 Å². The average Bonchev–Trinajstić information content (AvgIpc) is 3.44. The standard InChI is InChI=1S/C29H31Br2N3O4S/c1-21(29(36)32-25-9-5-6-10-25)33(19-22-14-16-23(30)17-15-22)28(35)20-34(26-11-7-8-24(31)18-26)39(37,38)27-12-3-2-4-13-27/h2-4,7-8,11-18,21,25H,5-6,9-10,19-20H2,1H3,(H,32,36)/t21-/m0/s1. The van der Waals surface area contributed by atoms with E-state index in [2.05, 4.69) is 37.2 Å². The molecule has 3 aromatic rings. The lowest BCUT2D eigenvalue weighted by atomic mass is 10.1. The molecule has 0 saturated heterocycles. The molecule has 0 unspecified atom stereocenters. The number of hydrogen-bond acceptors (Lipinski definition) is 4. The molecule has 1 N–H and O–H groups in total. The number of benzene rings is 3. The van der Waals surface area contributed by atoms with Gasteiger partial charge in [0.15, 0.2) is 0 Å². The molecule has 39 heavy (non-hydrogen) atoms. The van der Waals surface area contributed by atoms with Crippen LogP contribution in [-0.4, -0.2) is 43.8 Å². The molecule has 1 fully saturated rings. The zero-order valence-corrected chi connectivity index (χ0v) is 25.6. The molecule has 206 valence electrons. The van der Waals surface area contributed by atoms with Crippen LogP contribution >= 0.6 is 31.9 Å². The van der Waals surface area contributed by atoms with Crippen molar-refractivity contribution < 1.29 is 18.0 Å². The Morgan fingerprint density at radius 3 is 2.23 bits per heavy atom. The quantitative estimate of drug-likeness (QED) is 0.291. The average molecular weight is 677 g/mol. The predicted molar refractivity (Wildman–Crippen MR) is 160 cm³/mol. The van der Waals surface area contributed by atoms with Crippen molar-refractivity contribution in [1.29, 1.82) is 0 Å². The number of hydrogen-bond donors (Lipinski definition) is 1. The van der Waals surface area contributed by atoms with E-state index in [4.69, 9.17) is 0 Å². The third-order valence-electron chi connectivity index (χ3n) is 6.84. The highest BCUT2D eigenvalue weighted by molar-refractivity contribution is 9.10. The van der Waals surface area contributed by atoms with E-state index >= 15 is 0 Å². The molecule has 0 spiro atoms. The number of sulfonamides is 1. The van der Waals surface area contributed by atoms with Crippen molar-refractivity contribution in [3.05, 3.63) is 93.4 Å². The third-order valence-corrected chi connectivity index (χ3v) is 9.65. The van der Waals surface area contributed by atoms with Crippen molar-refractivity contribution in [1.82, 2.24) is 10.2 Å². The van der Waals surface area contributed by atoms with E-state index in [-0.39, 0.29) is 23.4 Å². The van der Waals surface area contributed by atoms with Gasteiger partial charge in [-0.05, 0) is 67.8 Å². The second kappa shape index (κ2) is 13.1. The second-order valence-electron chi connectivity index (χ2n) is 9.62. The lowest BCUT2D eigenvalue weighted by molar-refractivity contribution is -0.139. The van der Waals surface area contributed by atoms with Crippen molar-refractivity contribution in [3.8, 4) is 0 Å². The van der Waals surface area contributed by atoms with E-state index in [1.54, 1.807) is 49.4 Å². The number of halogens is 2. The first kappa shape index (κ1) is 29.3. The number of amides is 2. The third kappa shape index (κ3) is 7.49. The molecule has 0 aromatic heterocycles. The fraction of sp³-hybridized carbons (Fsp3) is 0.310. The van der Waals surface area contributed by atoms with Crippen molar-refractivity contribution >= 4 is 59.4 Å². The fourth-order valence-corrected chi connectivity index (χ4v) is 6.72. The van der Waals surface area contributed by atoms with E-state index in [1.165, 1.54) is 17.0 Å². The molecule has 0 bridgehead atoms. The van der Waals surface area contributed by atoms with Crippen LogP contribution in [0.1, 0.15) is 38.2 Å². The van der Waals surface area contributed by atoms with Crippen LogP contribution in [0, 0.1) is 0 Å². The van der Waals surface area contributed by atoms with Gasteiger partial charge in [-0.15, -0.1) is 0 Å². The van der Waals surface area contributed by atoms with Crippen LogP contribution < -0.4 is 9.62 Å². The van der Waals surface area contributed by atoms with E-state index in [0.717, 1.165) is 40.0 Å². The molecular weight excluding hydrogens is 646 g/mol.